The molecule has 0 atom stereocenters. The molecule has 0 aliphatic carbocycles. The van der Waals surface area contributed by atoms with E-state index in [1.165, 1.54) is 0 Å². The number of ether oxygens (including phenoxy) is 1. The van der Waals surface area contributed by atoms with Gasteiger partial charge in [-0.3, -0.25) is 10.0 Å². The van der Waals surface area contributed by atoms with Crippen molar-refractivity contribution >= 4 is 34.0 Å². The van der Waals surface area contributed by atoms with Crippen LogP contribution in [0.5, 0.6) is 5.75 Å². The van der Waals surface area contributed by atoms with Crippen LogP contribution >= 0.6 is 22.9 Å². The first kappa shape index (κ1) is 17.8. The van der Waals surface area contributed by atoms with Gasteiger partial charge in [-0.1, -0.05) is 23.7 Å². The van der Waals surface area contributed by atoms with Gasteiger partial charge in [-0.25, -0.2) is 10.5 Å². The Bertz CT molecular complexity index is 1020. The normalized spacial score (nSPS) is 12.8. The molecule has 1 aliphatic heterocycles. The van der Waals surface area contributed by atoms with E-state index < -0.39 is 5.91 Å². The number of hydroxylamine groups is 1. The predicted molar refractivity (Wildman–Crippen MR) is 105 cm³/mol. The van der Waals surface area contributed by atoms with E-state index in [-0.39, 0.29) is 0 Å². The zero-order chi connectivity index (χ0) is 19.0. The second-order valence-electron chi connectivity index (χ2n) is 6.14. The van der Waals surface area contributed by atoms with Crippen molar-refractivity contribution in [1.82, 2.24) is 10.5 Å². The van der Waals surface area contributed by atoms with Crippen LogP contribution in [0.25, 0.3) is 11.3 Å². The first-order valence-electron chi connectivity index (χ1n) is 8.19. The fraction of sp³-hybridized carbons (Fsp3) is 0.158. The van der Waals surface area contributed by atoms with Crippen molar-refractivity contribution < 1.29 is 14.7 Å². The van der Waals surface area contributed by atoms with Gasteiger partial charge in [0.25, 0.3) is 5.91 Å². The van der Waals surface area contributed by atoms with Crippen molar-refractivity contribution in [3.63, 3.8) is 0 Å². The molecule has 27 heavy (non-hydrogen) atoms. The molecule has 1 aromatic heterocycles. The molecule has 0 saturated carbocycles. The quantitative estimate of drug-likeness (QED) is 0.508. The van der Waals surface area contributed by atoms with Gasteiger partial charge in [0.2, 0.25) is 0 Å². The third-order valence-corrected chi connectivity index (χ3v) is 5.61. The number of fused-ring (bicyclic) bond motifs is 1. The topological polar surface area (TPSA) is 74.7 Å². The fourth-order valence-electron chi connectivity index (χ4n) is 3.18. The average Bonchev–Trinajstić information content (AvgIpc) is 3.33. The Kier molecular flexibility index (Phi) is 4.73. The zero-order valence-corrected chi connectivity index (χ0v) is 16.0. The van der Waals surface area contributed by atoms with E-state index >= 15 is 0 Å². The van der Waals surface area contributed by atoms with Gasteiger partial charge in [-0.15, -0.1) is 11.3 Å². The van der Waals surface area contributed by atoms with Crippen LogP contribution in [0.15, 0.2) is 41.8 Å². The van der Waals surface area contributed by atoms with Crippen LogP contribution in [0.2, 0.25) is 5.02 Å². The van der Waals surface area contributed by atoms with Gasteiger partial charge in [0.1, 0.15) is 5.75 Å². The summed E-state index contributed by atoms with van der Waals surface area (Å²) in [4.78, 5) is 18.6. The van der Waals surface area contributed by atoms with Crippen molar-refractivity contribution in [2.45, 2.75) is 13.1 Å². The SMILES string of the molecule is COc1cc(C(=O)NO)cc2c1CN(c1nc(-c3cccc(Cl)c3)cs1)C2. The van der Waals surface area contributed by atoms with Crippen LogP contribution < -0.4 is 15.1 Å². The molecular weight excluding hydrogens is 386 g/mol. The van der Waals surface area contributed by atoms with E-state index in [2.05, 4.69) is 4.90 Å². The molecule has 2 N–H and O–H groups in total. The molecule has 8 heteroatoms. The molecule has 6 nitrogen and oxygen atoms in total. The number of carbonyl (C=O) groups is 1. The van der Waals surface area contributed by atoms with E-state index in [0.29, 0.717) is 29.4 Å². The van der Waals surface area contributed by atoms with E-state index in [9.17, 15) is 4.79 Å². The molecule has 1 aliphatic rings. The summed E-state index contributed by atoms with van der Waals surface area (Å²) in [6.45, 7) is 1.25. The molecular formula is C19H16ClN3O3S. The largest absolute Gasteiger partial charge is 0.496 e. The Labute approximate surface area is 164 Å². The van der Waals surface area contributed by atoms with E-state index in [0.717, 1.165) is 27.5 Å². The van der Waals surface area contributed by atoms with E-state index in [4.69, 9.17) is 26.5 Å². The summed E-state index contributed by atoms with van der Waals surface area (Å²) in [5.74, 6) is 0.0623. The fourth-order valence-corrected chi connectivity index (χ4v) is 4.20. The number of nitrogens with one attached hydrogen (secondary N) is 1. The number of benzene rings is 2. The van der Waals surface area contributed by atoms with Crippen LogP contribution in [0.3, 0.4) is 0 Å². The van der Waals surface area contributed by atoms with Gasteiger partial charge in [-0.2, -0.15) is 0 Å². The third kappa shape index (κ3) is 3.37. The number of halogens is 1. The Hall–Kier alpha value is -2.61. The number of aromatic nitrogens is 1. The number of hydrogen-bond acceptors (Lipinski definition) is 6. The Morgan fingerprint density at radius 3 is 2.93 bits per heavy atom. The highest BCUT2D eigenvalue weighted by atomic mass is 35.5. The van der Waals surface area contributed by atoms with Gasteiger partial charge in [0.15, 0.2) is 5.13 Å². The number of anilines is 1. The minimum atomic E-state index is -0.563. The van der Waals surface area contributed by atoms with Crippen molar-refractivity contribution in [2.75, 3.05) is 12.0 Å². The molecule has 1 amide bonds. The monoisotopic (exact) mass is 401 g/mol. The second-order valence-corrected chi connectivity index (χ2v) is 7.41. The molecule has 3 aromatic rings. The first-order valence-corrected chi connectivity index (χ1v) is 9.45. The minimum Gasteiger partial charge on any atom is -0.496 e. The van der Waals surface area contributed by atoms with Gasteiger partial charge < -0.3 is 9.64 Å². The maximum absolute atomic E-state index is 11.8. The number of amides is 1. The average molecular weight is 402 g/mol. The lowest BCUT2D eigenvalue weighted by molar-refractivity contribution is 0.0706. The maximum atomic E-state index is 11.8. The van der Waals surface area contributed by atoms with Crippen LogP contribution in [-0.4, -0.2) is 23.2 Å². The standard InChI is InChI=1S/C19H16ClN3O3S/c1-26-17-7-12(18(24)22-25)5-13-8-23(9-15(13)17)19-21-16(10-27-19)11-3-2-4-14(20)6-11/h2-7,10,25H,8-9H2,1H3,(H,22,24). The zero-order valence-electron chi connectivity index (χ0n) is 14.4. The molecule has 138 valence electrons. The molecule has 0 saturated heterocycles. The summed E-state index contributed by atoms with van der Waals surface area (Å²) in [6, 6.07) is 11.0. The maximum Gasteiger partial charge on any atom is 0.274 e. The van der Waals surface area contributed by atoms with Gasteiger partial charge in [0.05, 0.1) is 12.8 Å². The lowest BCUT2D eigenvalue weighted by Crippen LogP contribution is -2.19. The Morgan fingerprint density at radius 1 is 1.33 bits per heavy atom. The number of nitrogens with zero attached hydrogens (tertiary/aromatic N) is 2. The molecule has 2 heterocycles. The predicted octanol–water partition coefficient (Wildman–Crippen LogP) is 4.11. The molecule has 4 rings (SSSR count). The number of rotatable bonds is 4. The number of thiazole rings is 1. The van der Waals surface area contributed by atoms with Crippen LogP contribution in [0.1, 0.15) is 21.5 Å². The first-order chi connectivity index (χ1) is 13.1. The molecule has 0 unspecified atom stereocenters. The molecule has 0 radical (unpaired) electrons. The van der Waals surface area contributed by atoms with E-state index in [1.807, 2.05) is 29.6 Å². The van der Waals surface area contributed by atoms with Crippen molar-refractivity contribution in [3.05, 3.63) is 63.5 Å². The van der Waals surface area contributed by atoms with Crippen molar-refractivity contribution in [1.29, 1.82) is 0 Å². The summed E-state index contributed by atoms with van der Waals surface area (Å²) in [5.41, 5.74) is 5.87. The summed E-state index contributed by atoms with van der Waals surface area (Å²) in [5, 5.41) is 12.5. The van der Waals surface area contributed by atoms with Crippen molar-refractivity contribution in [3.8, 4) is 17.0 Å². The summed E-state index contributed by atoms with van der Waals surface area (Å²) in [6.07, 6.45) is 0. The summed E-state index contributed by atoms with van der Waals surface area (Å²) >= 11 is 7.63. The van der Waals surface area contributed by atoms with Crippen molar-refractivity contribution in [2.24, 2.45) is 0 Å². The van der Waals surface area contributed by atoms with Crippen LogP contribution in [-0.2, 0) is 13.1 Å². The van der Waals surface area contributed by atoms with Gasteiger partial charge >= 0.3 is 0 Å². The molecule has 0 bridgehead atoms. The Morgan fingerprint density at radius 2 is 2.19 bits per heavy atom. The smallest absolute Gasteiger partial charge is 0.274 e. The van der Waals surface area contributed by atoms with Crippen LogP contribution in [0, 0.1) is 0 Å². The minimum absolute atomic E-state index is 0.355. The third-order valence-electron chi connectivity index (χ3n) is 4.48. The second kappa shape index (κ2) is 7.19. The number of hydrogen-bond donors (Lipinski definition) is 2. The molecule has 0 spiro atoms. The number of carbonyl (C=O) groups excluding carboxylic acids is 1. The molecule has 0 fully saturated rings. The number of methoxy groups -OCH3 is 1. The van der Waals surface area contributed by atoms with Crippen LogP contribution in [0.4, 0.5) is 5.13 Å². The molecule has 2 aromatic carbocycles. The summed E-state index contributed by atoms with van der Waals surface area (Å²) < 4.78 is 5.44. The lowest BCUT2D eigenvalue weighted by atomic mass is 10.0. The Balaban J connectivity index is 1.63. The highest BCUT2D eigenvalue weighted by molar-refractivity contribution is 7.14. The highest BCUT2D eigenvalue weighted by Gasteiger charge is 2.26. The van der Waals surface area contributed by atoms with E-state index in [1.54, 1.807) is 36.1 Å². The highest BCUT2D eigenvalue weighted by Crippen LogP contribution is 2.37. The van der Waals surface area contributed by atoms with Gasteiger partial charge in [-0.05, 0) is 29.8 Å². The lowest BCUT2D eigenvalue weighted by Gasteiger charge is -2.13. The van der Waals surface area contributed by atoms with Gasteiger partial charge in [0, 0.05) is 40.2 Å². The summed E-state index contributed by atoms with van der Waals surface area (Å²) in [7, 11) is 1.57.